The first-order valence-corrected chi connectivity index (χ1v) is 7.48. The van der Waals surface area contributed by atoms with E-state index in [2.05, 4.69) is 16.8 Å². The summed E-state index contributed by atoms with van der Waals surface area (Å²) < 4.78 is 13.9. The second-order valence-electron chi connectivity index (χ2n) is 6.05. The van der Waals surface area contributed by atoms with Gasteiger partial charge in [-0.15, -0.1) is 0 Å². The molecule has 0 aliphatic carbocycles. The molecule has 1 aromatic rings. The Hall–Kier alpha value is -1.78. The van der Waals surface area contributed by atoms with Crippen molar-refractivity contribution in [2.24, 2.45) is 16.6 Å². The van der Waals surface area contributed by atoms with E-state index >= 15 is 0 Å². The summed E-state index contributed by atoms with van der Waals surface area (Å²) in [5.41, 5.74) is 7.47. The van der Waals surface area contributed by atoms with Crippen LogP contribution >= 0.6 is 0 Å². The first-order chi connectivity index (χ1) is 9.97. The van der Waals surface area contributed by atoms with Gasteiger partial charge in [-0.1, -0.05) is 13.0 Å². The van der Waals surface area contributed by atoms with Crippen molar-refractivity contribution in [1.29, 1.82) is 0 Å². The molecule has 1 aromatic carbocycles. The highest BCUT2D eigenvalue weighted by Crippen LogP contribution is 2.19. The molecule has 5 heteroatoms. The minimum absolute atomic E-state index is 0.224. The molecule has 0 bridgehead atoms. The van der Waals surface area contributed by atoms with Crippen molar-refractivity contribution in [3.8, 4) is 0 Å². The molecule has 1 saturated heterocycles. The van der Waals surface area contributed by atoms with Crippen LogP contribution in [0.5, 0.6) is 0 Å². The van der Waals surface area contributed by atoms with Crippen molar-refractivity contribution >= 4 is 11.6 Å². The van der Waals surface area contributed by atoms with Gasteiger partial charge in [0.15, 0.2) is 5.96 Å². The minimum Gasteiger partial charge on any atom is -0.375 e. The molecule has 0 amide bonds. The van der Waals surface area contributed by atoms with Crippen LogP contribution in [0.4, 0.5) is 10.1 Å². The summed E-state index contributed by atoms with van der Waals surface area (Å²) in [5.74, 6) is 1.00. The summed E-state index contributed by atoms with van der Waals surface area (Å²) in [6.45, 7) is 4.58. The van der Waals surface area contributed by atoms with Crippen LogP contribution in [-0.2, 0) is 6.54 Å². The van der Waals surface area contributed by atoms with E-state index in [0.717, 1.165) is 25.1 Å². The van der Waals surface area contributed by atoms with Crippen molar-refractivity contribution < 1.29 is 4.39 Å². The largest absolute Gasteiger partial charge is 0.375 e. The number of benzene rings is 1. The molecule has 0 aromatic heterocycles. The number of hydrogen-bond donors (Lipinski definition) is 1. The molecule has 4 nitrogen and oxygen atoms in total. The van der Waals surface area contributed by atoms with Gasteiger partial charge in [-0.2, -0.15) is 0 Å². The van der Waals surface area contributed by atoms with E-state index in [1.54, 1.807) is 11.0 Å². The van der Waals surface area contributed by atoms with Gasteiger partial charge < -0.3 is 15.5 Å². The van der Waals surface area contributed by atoms with E-state index in [-0.39, 0.29) is 5.82 Å². The summed E-state index contributed by atoms with van der Waals surface area (Å²) in [6.07, 6.45) is 2.41. The van der Waals surface area contributed by atoms with Crippen LogP contribution in [0, 0.1) is 11.7 Å². The standard InChI is InChI=1S/C16H25FN4/c1-12-5-4-8-21(11-12)16(18)19-10-13-6-7-15(20(2)3)14(17)9-13/h6-7,9,12H,4-5,8,10-11H2,1-3H3,(H2,18,19). The molecule has 21 heavy (non-hydrogen) atoms. The second kappa shape index (κ2) is 6.78. The molecule has 2 N–H and O–H groups in total. The predicted octanol–water partition coefficient (Wildman–Crippen LogP) is 2.44. The van der Waals surface area contributed by atoms with Crippen molar-refractivity contribution in [3.05, 3.63) is 29.6 Å². The predicted molar refractivity (Wildman–Crippen MR) is 86.0 cm³/mol. The van der Waals surface area contributed by atoms with Gasteiger partial charge in [0.25, 0.3) is 0 Å². The molecule has 1 fully saturated rings. The van der Waals surface area contributed by atoms with Crippen molar-refractivity contribution in [2.45, 2.75) is 26.3 Å². The minimum atomic E-state index is -0.224. The number of rotatable bonds is 3. The lowest BCUT2D eigenvalue weighted by molar-refractivity contribution is 0.270. The number of piperidine rings is 1. The Morgan fingerprint density at radius 3 is 2.86 bits per heavy atom. The Labute approximate surface area is 126 Å². The summed E-state index contributed by atoms with van der Waals surface area (Å²) in [6, 6.07) is 5.21. The molecular weight excluding hydrogens is 267 g/mol. The third kappa shape index (κ3) is 4.09. The maximum Gasteiger partial charge on any atom is 0.191 e. The Bertz CT molecular complexity index is 513. The number of likely N-dealkylation sites (tertiary alicyclic amines) is 1. The summed E-state index contributed by atoms with van der Waals surface area (Å²) in [5, 5.41) is 0. The van der Waals surface area contributed by atoms with Gasteiger partial charge in [-0.25, -0.2) is 9.38 Å². The van der Waals surface area contributed by atoms with Crippen LogP contribution in [-0.4, -0.2) is 38.0 Å². The summed E-state index contributed by atoms with van der Waals surface area (Å²) >= 11 is 0. The van der Waals surface area contributed by atoms with Gasteiger partial charge in [0.05, 0.1) is 12.2 Å². The number of anilines is 1. The van der Waals surface area contributed by atoms with Gasteiger partial charge in [0.1, 0.15) is 5.82 Å². The highest BCUT2D eigenvalue weighted by Gasteiger charge is 2.17. The van der Waals surface area contributed by atoms with Gasteiger partial charge in [0, 0.05) is 27.2 Å². The molecule has 1 heterocycles. The van der Waals surface area contributed by atoms with E-state index < -0.39 is 0 Å². The molecule has 0 saturated carbocycles. The molecular formula is C16H25FN4. The van der Waals surface area contributed by atoms with Gasteiger partial charge in [-0.05, 0) is 36.5 Å². The van der Waals surface area contributed by atoms with E-state index in [1.807, 2.05) is 20.2 Å². The number of aliphatic imine (C=N–C) groups is 1. The Balaban J connectivity index is 2.01. The van der Waals surface area contributed by atoms with Crippen LogP contribution in [0.15, 0.2) is 23.2 Å². The SMILES string of the molecule is CC1CCCN(C(N)=NCc2ccc(N(C)C)c(F)c2)C1. The monoisotopic (exact) mass is 292 g/mol. The first-order valence-electron chi connectivity index (χ1n) is 7.48. The number of hydrogen-bond acceptors (Lipinski definition) is 2. The highest BCUT2D eigenvalue weighted by atomic mass is 19.1. The third-order valence-corrected chi connectivity index (χ3v) is 3.90. The summed E-state index contributed by atoms with van der Waals surface area (Å²) in [4.78, 5) is 8.29. The third-order valence-electron chi connectivity index (χ3n) is 3.90. The Kier molecular flexibility index (Phi) is 5.04. The molecule has 1 aliphatic rings. The normalized spacial score (nSPS) is 19.7. The molecule has 0 spiro atoms. The maximum absolute atomic E-state index is 13.9. The van der Waals surface area contributed by atoms with Crippen molar-refractivity contribution in [2.75, 3.05) is 32.1 Å². The molecule has 1 aliphatic heterocycles. The van der Waals surface area contributed by atoms with Crippen molar-refractivity contribution in [3.63, 3.8) is 0 Å². The molecule has 2 rings (SSSR count). The number of guanidine groups is 1. The lowest BCUT2D eigenvalue weighted by Crippen LogP contribution is -2.43. The van der Waals surface area contributed by atoms with Crippen LogP contribution in [0.1, 0.15) is 25.3 Å². The fourth-order valence-electron chi connectivity index (χ4n) is 2.68. The average Bonchev–Trinajstić information content (AvgIpc) is 2.44. The molecule has 1 unspecified atom stereocenters. The zero-order chi connectivity index (χ0) is 15.4. The maximum atomic E-state index is 13.9. The Morgan fingerprint density at radius 1 is 1.48 bits per heavy atom. The van der Waals surface area contributed by atoms with Crippen molar-refractivity contribution in [1.82, 2.24) is 4.90 Å². The molecule has 1 atom stereocenters. The van der Waals surface area contributed by atoms with Crippen LogP contribution in [0.3, 0.4) is 0 Å². The van der Waals surface area contributed by atoms with Gasteiger partial charge in [-0.3, -0.25) is 0 Å². The second-order valence-corrected chi connectivity index (χ2v) is 6.05. The van der Waals surface area contributed by atoms with E-state index in [1.165, 1.54) is 12.5 Å². The van der Waals surface area contributed by atoms with E-state index in [0.29, 0.717) is 24.1 Å². The lowest BCUT2D eigenvalue weighted by Gasteiger charge is -2.31. The Morgan fingerprint density at radius 2 is 2.24 bits per heavy atom. The first kappa shape index (κ1) is 15.6. The van der Waals surface area contributed by atoms with Crippen LogP contribution in [0.25, 0.3) is 0 Å². The van der Waals surface area contributed by atoms with Gasteiger partial charge >= 0.3 is 0 Å². The topological polar surface area (TPSA) is 44.9 Å². The number of nitrogens with zero attached hydrogens (tertiary/aromatic N) is 3. The zero-order valence-corrected chi connectivity index (χ0v) is 13.1. The van der Waals surface area contributed by atoms with Gasteiger partial charge in [0.2, 0.25) is 0 Å². The molecule has 116 valence electrons. The highest BCUT2D eigenvalue weighted by molar-refractivity contribution is 5.78. The fourth-order valence-corrected chi connectivity index (χ4v) is 2.68. The number of nitrogens with two attached hydrogens (primary N) is 1. The smallest absolute Gasteiger partial charge is 0.191 e. The molecule has 0 radical (unpaired) electrons. The van der Waals surface area contributed by atoms with Crippen LogP contribution in [0.2, 0.25) is 0 Å². The zero-order valence-electron chi connectivity index (χ0n) is 13.1. The van der Waals surface area contributed by atoms with Crippen LogP contribution < -0.4 is 10.6 Å². The quantitative estimate of drug-likeness (QED) is 0.687. The summed E-state index contributed by atoms with van der Waals surface area (Å²) in [7, 11) is 3.65. The van der Waals surface area contributed by atoms with E-state index in [4.69, 9.17) is 5.73 Å². The lowest BCUT2D eigenvalue weighted by atomic mass is 10.0. The van der Waals surface area contributed by atoms with E-state index in [9.17, 15) is 4.39 Å². The fraction of sp³-hybridized carbons (Fsp3) is 0.562. The number of halogens is 1. The average molecular weight is 292 g/mol.